The summed E-state index contributed by atoms with van der Waals surface area (Å²) in [7, 11) is 1.94. The van der Waals surface area contributed by atoms with E-state index in [0.29, 0.717) is 12.6 Å². The molecule has 110 valence electrons. The average molecular weight is 268 g/mol. The number of rotatable bonds is 5. The van der Waals surface area contributed by atoms with Crippen molar-refractivity contribution >= 4 is 5.91 Å². The fourth-order valence-corrected chi connectivity index (χ4v) is 3.38. The Bertz CT molecular complexity index is 307. The average Bonchev–Trinajstić information content (AvgIpc) is 3.00. The van der Waals surface area contributed by atoms with Gasteiger partial charge in [0.1, 0.15) is 0 Å². The first-order valence-electron chi connectivity index (χ1n) is 7.73. The van der Waals surface area contributed by atoms with Gasteiger partial charge in [0.2, 0.25) is 5.91 Å². The highest BCUT2D eigenvalue weighted by Gasteiger charge is 2.34. The standard InChI is InChI=1S/C15H28N2O2/c1-12(14(18)16-13-7-3-4-8-13)17(2)11-15(19)9-5-6-10-15/h12-13,19H,3-11H2,1-2H3,(H,16,18). The Balaban J connectivity index is 1.80. The molecule has 1 unspecified atom stereocenters. The van der Waals surface area contributed by atoms with Gasteiger partial charge in [-0.3, -0.25) is 9.69 Å². The minimum atomic E-state index is -0.573. The summed E-state index contributed by atoms with van der Waals surface area (Å²) in [5.74, 6) is 0.107. The van der Waals surface area contributed by atoms with Gasteiger partial charge in [-0.15, -0.1) is 0 Å². The summed E-state index contributed by atoms with van der Waals surface area (Å²) in [4.78, 5) is 14.2. The van der Waals surface area contributed by atoms with Crippen LogP contribution in [0.4, 0.5) is 0 Å². The third-order valence-corrected chi connectivity index (χ3v) is 4.82. The molecule has 19 heavy (non-hydrogen) atoms. The Morgan fingerprint density at radius 2 is 1.89 bits per heavy atom. The molecule has 0 spiro atoms. The van der Waals surface area contributed by atoms with Gasteiger partial charge in [-0.25, -0.2) is 0 Å². The zero-order valence-electron chi connectivity index (χ0n) is 12.3. The summed E-state index contributed by atoms with van der Waals surface area (Å²) < 4.78 is 0. The molecule has 2 saturated carbocycles. The summed E-state index contributed by atoms with van der Waals surface area (Å²) in [6.07, 6.45) is 8.64. The number of nitrogens with one attached hydrogen (secondary N) is 1. The maximum Gasteiger partial charge on any atom is 0.237 e. The van der Waals surface area contributed by atoms with Gasteiger partial charge in [-0.05, 0) is 39.7 Å². The number of hydrogen-bond donors (Lipinski definition) is 2. The molecule has 2 N–H and O–H groups in total. The van der Waals surface area contributed by atoms with Crippen molar-refractivity contribution in [3.8, 4) is 0 Å². The predicted molar refractivity (Wildman–Crippen MR) is 75.9 cm³/mol. The Kier molecular flexibility index (Phi) is 4.85. The van der Waals surface area contributed by atoms with Crippen LogP contribution in [0.25, 0.3) is 0 Å². The minimum Gasteiger partial charge on any atom is -0.389 e. The number of carbonyl (C=O) groups is 1. The lowest BCUT2D eigenvalue weighted by Gasteiger charge is -2.32. The molecule has 0 aromatic rings. The second kappa shape index (κ2) is 6.23. The normalized spacial score (nSPS) is 24.8. The van der Waals surface area contributed by atoms with E-state index < -0.39 is 5.60 Å². The molecule has 2 aliphatic rings. The van der Waals surface area contributed by atoms with Crippen LogP contribution < -0.4 is 5.32 Å². The molecule has 0 bridgehead atoms. The first-order valence-corrected chi connectivity index (χ1v) is 7.73. The van der Waals surface area contributed by atoms with Crippen LogP contribution in [0.3, 0.4) is 0 Å². The molecule has 2 rings (SSSR count). The van der Waals surface area contributed by atoms with Crippen molar-refractivity contribution in [2.24, 2.45) is 0 Å². The largest absolute Gasteiger partial charge is 0.389 e. The fraction of sp³-hybridized carbons (Fsp3) is 0.933. The first kappa shape index (κ1) is 14.8. The summed E-state index contributed by atoms with van der Waals surface area (Å²) >= 11 is 0. The maximum absolute atomic E-state index is 12.2. The highest BCUT2D eigenvalue weighted by atomic mass is 16.3. The molecule has 0 heterocycles. The number of nitrogens with zero attached hydrogens (tertiary/aromatic N) is 1. The second-order valence-corrected chi connectivity index (χ2v) is 6.51. The third-order valence-electron chi connectivity index (χ3n) is 4.82. The topological polar surface area (TPSA) is 52.6 Å². The smallest absolute Gasteiger partial charge is 0.237 e. The minimum absolute atomic E-state index is 0.107. The van der Waals surface area contributed by atoms with E-state index in [2.05, 4.69) is 5.32 Å². The number of carbonyl (C=O) groups excluding carboxylic acids is 1. The van der Waals surface area contributed by atoms with Crippen LogP contribution in [0, 0.1) is 0 Å². The molecule has 0 aromatic heterocycles. The molecule has 0 aromatic carbocycles. The lowest BCUT2D eigenvalue weighted by atomic mass is 10.0. The molecular formula is C15H28N2O2. The maximum atomic E-state index is 12.2. The molecule has 0 radical (unpaired) electrons. The van der Waals surface area contributed by atoms with Gasteiger partial charge < -0.3 is 10.4 Å². The van der Waals surface area contributed by atoms with Gasteiger partial charge in [-0.1, -0.05) is 25.7 Å². The van der Waals surface area contributed by atoms with Crippen LogP contribution >= 0.6 is 0 Å². The number of amides is 1. The van der Waals surface area contributed by atoms with E-state index in [-0.39, 0.29) is 11.9 Å². The summed E-state index contributed by atoms with van der Waals surface area (Å²) in [6, 6.07) is 0.211. The van der Waals surface area contributed by atoms with Crippen molar-refractivity contribution in [1.82, 2.24) is 10.2 Å². The molecule has 2 fully saturated rings. The van der Waals surface area contributed by atoms with E-state index in [9.17, 15) is 9.90 Å². The van der Waals surface area contributed by atoms with Crippen LogP contribution in [0.1, 0.15) is 58.3 Å². The van der Waals surface area contributed by atoms with Crippen molar-refractivity contribution in [1.29, 1.82) is 0 Å². The lowest BCUT2D eigenvalue weighted by Crippen LogP contribution is -2.50. The van der Waals surface area contributed by atoms with Gasteiger partial charge >= 0.3 is 0 Å². The van der Waals surface area contributed by atoms with Gasteiger partial charge in [0.25, 0.3) is 0 Å². The zero-order chi connectivity index (χ0) is 13.9. The third kappa shape index (κ3) is 3.93. The Morgan fingerprint density at radius 1 is 1.32 bits per heavy atom. The predicted octanol–water partition coefficient (Wildman–Crippen LogP) is 1.67. The first-order chi connectivity index (χ1) is 9.00. The Labute approximate surface area is 116 Å². The van der Waals surface area contributed by atoms with Crippen LogP contribution in [0.2, 0.25) is 0 Å². The van der Waals surface area contributed by atoms with Crippen LogP contribution in [0.15, 0.2) is 0 Å². The molecule has 4 heteroatoms. The van der Waals surface area contributed by atoms with E-state index in [1.807, 2.05) is 18.9 Å². The Hall–Kier alpha value is -0.610. The van der Waals surface area contributed by atoms with E-state index in [1.165, 1.54) is 12.8 Å². The van der Waals surface area contributed by atoms with E-state index in [4.69, 9.17) is 0 Å². The molecular weight excluding hydrogens is 240 g/mol. The second-order valence-electron chi connectivity index (χ2n) is 6.51. The molecule has 4 nitrogen and oxygen atoms in total. The Morgan fingerprint density at radius 3 is 2.47 bits per heavy atom. The molecule has 1 atom stereocenters. The van der Waals surface area contributed by atoms with Crippen molar-refractivity contribution in [2.45, 2.75) is 76.0 Å². The monoisotopic (exact) mass is 268 g/mol. The summed E-state index contributed by atoms with van der Waals surface area (Å²) in [6.45, 7) is 2.54. The highest BCUT2D eigenvalue weighted by molar-refractivity contribution is 5.81. The van der Waals surface area contributed by atoms with Crippen molar-refractivity contribution in [3.05, 3.63) is 0 Å². The lowest BCUT2D eigenvalue weighted by molar-refractivity contribution is -0.127. The van der Waals surface area contributed by atoms with Gasteiger partial charge in [0, 0.05) is 12.6 Å². The van der Waals surface area contributed by atoms with Crippen LogP contribution in [-0.2, 0) is 4.79 Å². The quantitative estimate of drug-likeness (QED) is 0.797. The zero-order valence-corrected chi connectivity index (χ0v) is 12.3. The van der Waals surface area contributed by atoms with E-state index >= 15 is 0 Å². The van der Waals surface area contributed by atoms with Crippen molar-refractivity contribution in [3.63, 3.8) is 0 Å². The number of hydrogen-bond acceptors (Lipinski definition) is 3. The fourth-order valence-electron chi connectivity index (χ4n) is 3.38. The van der Waals surface area contributed by atoms with Gasteiger partial charge in [0.15, 0.2) is 0 Å². The van der Waals surface area contributed by atoms with Gasteiger partial charge in [-0.2, -0.15) is 0 Å². The molecule has 2 aliphatic carbocycles. The van der Waals surface area contributed by atoms with Crippen molar-refractivity contribution < 1.29 is 9.90 Å². The van der Waals surface area contributed by atoms with E-state index in [1.54, 1.807) is 0 Å². The van der Waals surface area contributed by atoms with Crippen LogP contribution in [-0.4, -0.2) is 47.2 Å². The number of likely N-dealkylation sites (N-methyl/N-ethyl adjacent to an activating group) is 1. The van der Waals surface area contributed by atoms with Crippen LogP contribution in [0.5, 0.6) is 0 Å². The van der Waals surface area contributed by atoms with Gasteiger partial charge in [0.05, 0.1) is 11.6 Å². The SMILES string of the molecule is CC(C(=O)NC1CCCC1)N(C)CC1(O)CCCC1. The van der Waals surface area contributed by atoms with Crippen molar-refractivity contribution in [2.75, 3.05) is 13.6 Å². The molecule has 1 amide bonds. The number of aliphatic hydroxyl groups is 1. The van der Waals surface area contributed by atoms with E-state index in [0.717, 1.165) is 38.5 Å². The summed E-state index contributed by atoms with van der Waals surface area (Å²) in [5, 5.41) is 13.5. The molecule has 0 aliphatic heterocycles. The summed E-state index contributed by atoms with van der Waals surface area (Å²) in [5.41, 5.74) is -0.573. The molecule has 0 saturated heterocycles. The highest BCUT2D eigenvalue weighted by Crippen LogP contribution is 2.30.